The molecule has 0 spiro atoms. The first kappa shape index (κ1) is 15.9. The molecule has 0 radical (unpaired) electrons. The lowest BCUT2D eigenvalue weighted by Crippen LogP contribution is -2.18. The van der Waals surface area contributed by atoms with Crippen LogP contribution in [0, 0.1) is 5.92 Å². The molecule has 0 amide bonds. The van der Waals surface area contributed by atoms with Gasteiger partial charge in [-0.25, -0.2) is 0 Å². The predicted molar refractivity (Wildman–Crippen MR) is 77.4 cm³/mol. The molecule has 1 rings (SSSR count). The first-order valence-corrected chi connectivity index (χ1v) is 6.99. The van der Waals surface area contributed by atoms with Crippen LogP contribution in [0.15, 0.2) is 18.3 Å². The van der Waals surface area contributed by atoms with Gasteiger partial charge in [0.25, 0.3) is 0 Å². The second-order valence-electron chi connectivity index (χ2n) is 5.31. The Labute approximate surface area is 116 Å². The zero-order valence-electron chi connectivity index (χ0n) is 12.3. The minimum Gasteiger partial charge on any atom is -0.490 e. The summed E-state index contributed by atoms with van der Waals surface area (Å²) in [6.07, 6.45) is 3.62. The van der Waals surface area contributed by atoms with Crippen molar-refractivity contribution in [1.82, 2.24) is 4.98 Å². The number of aromatic nitrogens is 1. The van der Waals surface area contributed by atoms with Crippen LogP contribution in [0.5, 0.6) is 5.75 Å². The molecule has 0 saturated carbocycles. The molecule has 1 aromatic heterocycles. The highest BCUT2D eigenvalue weighted by atomic mass is 16.5. The second-order valence-corrected chi connectivity index (χ2v) is 5.31. The molecule has 108 valence electrons. The molecule has 0 bridgehead atoms. The van der Waals surface area contributed by atoms with Gasteiger partial charge in [0.1, 0.15) is 12.4 Å². The summed E-state index contributed by atoms with van der Waals surface area (Å²) in [6, 6.07) is 4.02. The van der Waals surface area contributed by atoms with Crippen LogP contribution in [0.3, 0.4) is 0 Å². The zero-order valence-corrected chi connectivity index (χ0v) is 12.3. The number of ether oxygens (including phenoxy) is 2. The molecule has 0 aliphatic rings. The molecule has 0 aliphatic heterocycles. The number of rotatable bonds is 9. The lowest BCUT2D eigenvalue weighted by atomic mass is 10.1. The van der Waals surface area contributed by atoms with Crippen molar-refractivity contribution in [3.63, 3.8) is 0 Å². The summed E-state index contributed by atoms with van der Waals surface area (Å²) in [7, 11) is 0. The van der Waals surface area contributed by atoms with Crippen molar-refractivity contribution in [2.24, 2.45) is 11.7 Å². The number of hydrogen-bond donors (Lipinski definition) is 1. The van der Waals surface area contributed by atoms with Crippen molar-refractivity contribution in [1.29, 1.82) is 0 Å². The van der Waals surface area contributed by atoms with Crippen LogP contribution in [-0.4, -0.2) is 30.8 Å². The van der Waals surface area contributed by atoms with Crippen LogP contribution in [0.4, 0.5) is 0 Å². The van der Waals surface area contributed by atoms with Crippen molar-refractivity contribution in [2.75, 3.05) is 19.8 Å². The predicted octanol–water partition coefficient (Wildman–Crippen LogP) is 2.41. The Balaban J connectivity index is 2.16. The molecule has 1 atom stereocenters. The van der Waals surface area contributed by atoms with E-state index in [9.17, 15) is 0 Å². The van der Waals surface area contributed by atoms with Crippen molar-refractivity contribution in [3.05, 3.63) is 24.0 Å². The van der Waals surface area contributed by atoms with Crippen molar-refractivity contribution < 1.29 is 9.47 Å². The van der Waals surface area contributed by atoms with E-state index < -0.39 is 0 Å². The average molecular weight is 266 g/mol. The summed E-state index contributed by atoms with van der Waals surface area (Å²) in [5.41, 5.74) is 6.72. The summed E-state index contributed by atoms with van der Waals surface area (Å²) in [6.45, 7) is 8.33. The molecule has 19 heavy (non-hydrogen) atoms. The minimum absolute atomic E-state index is 0.133. The Morgan fingerprint density at radius 2 is 1.95 bits per heavy atom. The summed E-state index contributed by atoms with van der Waals surface area (Å²) < 4.78 is 11.0. The van der Waals surface area contributed by atoms with Crippen LogP contribution < -0.4 is 10.5 Å². The average Bonchev–Trinajstić information content (AvgIpc) is 2.34. The van der Waals surface area contributed by atoms with E-state index in [0.717, 1.165) is 30.9 Å². The molecule has 0 saturated heterocycles. The quantitative estimate of drug-likeness (QED) is 0.697. The van der Waals surface area contributed by atoms with Gasteiger partial charge >= 0.3 is 0 Å². The van der Waals surface area contributed by atoms with Gasteiger partial charge in [0.05, 0.1) is 12.8 Å². The van der Waals surface area contributed by atoms with Crippen LogP contribution >= 0.6 is 0 Å². The highest BCUT2D eigenvalue weighted by molar-refractivity contribution is 5.20. The highest BCUT2D eigenvalue weighted by Gasteiger charge is 2.00. The Hall–Kier alpha value is -1.13. The van der Waals surface area contributed by atoms with Gasteiger partial charge in [-0.3, -0.25) is 4.98 Å². The molecule has 2 N–H and O–H groups in total. The number of nitrogens with two attached hydrogens (primary N) is 1. The van der Waals surface area contributed by atoms with E-state index in [1.165, 1.54) is 0 Å². The van der Waals surface area contributed by atoms with Crippen LogP contribution in [0.2, 0.25) is 0 Å². The van der Waals surface area contributed by atoms with E-state index in [0.29, 0.717) is 19.1 Å². The molecule has 0 aromatic carbocycles. The third-order valence-corrected chi connectivity index (χ3v) is 2.66. The van der Waals surface area contributed by atoms with Gasteiger partial charge in [-0.1, -0.05) is 13.8 Å². The third kappa shape index (κ3) is 7.80. The SMILES string of the molecule is CC(C)CCOCCOc1ccc(CC(C)N)nc1. The lowest BCUT2D eigenvalue weighted by Gasteiger charge is -2.09. The summed E-state index contributed by atoms with van der Waals surface area (Å²) >= 11 is 0. The lowest BCUT2D eigenvalue weighted by molar-refractivity contribution is 0.0924. The van der Waals surface area contributed by atoms with Crippen molar-refractivity contribution in [3.8, 4) is 5.75 Å². The fourth-order valence-corrected chi connectivity index (χ4v) is 1.59. The smallest absolute Gasteiger partial charge is 0.137 e. The van der Waals surface area contributed by atoms with Gasteiger partial charge in [-0.2, -0.15) is 0 Å². The Kier molecular flexibility index (Phi) is 7.45. The fourth-order valence-electron chi connectivity index (χ4n) is 1.59. The molecule has 0 aliphatic carbocycles. The standard InChI is InChI=1S/C15H26N2O2/c1-12(2)6-7-18-8-9-19-15-5-4-14(17-11-15)10-13(3)16/h4-5,11-13H,6-10,16H2,1-3H3. The van der Waals surface area contributed by atoms with Gasteiger partial charge < -0.3 is 15.2 Å². The van der Waals surface area contributed by atoms with Gasteiger partial charge in [0.15, 0.2) is 0 Å². The third-order valence-electron chi connectivity index (χ3n) is 2.66. The van der Waals surface area contributed by atoms with Crippen LogP contribution in [0.25, 0.3) is 0 Å². The molecule has 1 unspecified atom stereocenters. The molecule has 4 nitrogen and oxygen atoms in total. The highest BCUT2D eigenvalue weighted by Crippen LogP contribution is 2.10. The van der Waals surface area contributed by atoms with Crippen molar-refractivity contribution >= 4 is 0 Å². The van der Waals surface area contributed by atoms with Gasteiger partial charge in [0, 0.05) is 24.8 Å². The summed E-state index contributed by atoms with van der Waals surface area (Å²) in [4.78, 5) is 4.31. The van der Waals surface area contributed by atoms with Crippen LogP contribution in [-0.2, 0) is 11.2 Å². The Morgan fingerprint density at radius 1 is 1.16 bits per heavy atom. The van der Waals surface area contributed by atoms with E-state index in [4.69, 9.17) is 15.2 Å². The molecule has 4 heteroatoms. The summed E-state index contributed by atoms with van der Waals surface area (Å²) in [5.74, 6) is 1.46. The van der Waals surface area contributed by atoms with Crippen LogP contribution in [0.1, 0.15) is 32.9 Å². The number of nitrogens with zero attached hydrogens (tertiary/aromatic N) is 1. The van der Waals surface area contributed by atoms with E-state index in [1.807, 2.05) is 19.1 Å². The number of hydrogen-bond acceptors (Lipinski definition) is 4. The normalized spacial score (nSPS) is 12.7. The monoisotopic (exact) mass is 266 g/mol. The van der Waals surface area contributed by atoms with E-state index in [2.05, 4.69) is 18.8 Å². The fraction of sp³-hybridized carbons (Fsp3) is 0.667. The van der Waals surface area contributed by atoms with E-state index >= 15 is 0 Å². The second kappa shape index (κ2) is 8.88. The Bertz CT molecular complexity index is 337. The molecular weight excluding hydrogens is 240 g/mol. The first-order valence-electron chi connectivity index (χ1n) is 6.99. The van der Waals surface area contributed by atoms with E-state index in [-0.39, 0.29) is 6.04 Å². The van der Waals surface area contributed by atoms with E-state index in [1.54, 1.807) is 6.20 Å². The maximum atomic E-state index is 5.72. The molecular formula is C15H26N2O2. The molecule has 1 heterocycles. The van der Waals surface area contributed by atoms with Gasteiger partial charge in [-0.15, -0.1) is 0 Å². The Morgan fingerprint density at radius 3 is 2.53 bits per heavy atom. The summed E-state index contributed by atoms with van der Waals surface area (Å²) in [5, 5.41) is 0. The van der Waals surface area contributed by atoms with Crippen molar-refractivity contribution in [2.45, 2.75) is 39.7 Å². The molecule has 1 aromatic rings. The topological polar surface area (TPSA) is 57.4 Å². The number of pyridine rings is 1. The maximum absolute atomic E-state index is 5.72. The maximum Gasteiger partial charge on any atom is 0.137 e. The molecule has 0 fully saturated rings. The zero-order chi connectivity index (χ0) is 14.1. The van der Waals surface area contributed by atoms with Gasteiger partial charge in [-0.05, 0) is 31.4 Å². The first-order chi connectivity index (χ1) is 9.08. The largest absolute Gasteiger partial charge is 0.490 e. The minimum atomic E-state index is 0.133. The van der Waals surface area contributed by atoms with Gasteiger partial charge in [0.2, 0.25) is 0 Å².